The summed E-state index contributed by atoms with van der Waals surface area (Å²) in [7, 11) is -1.99. The Morgan fingerprint density at radius 3 is 2.46 bits per heavy atom. The van der Waals surface area contributed by atoms with Crippen LogP contribution >= 0.6 is 0 Å². The molecule has 2 aromatic rings. The molecule has 0 radical (unpaired) electrons. The topological polar surface area (TPSA) is 66.5 Å². The molecular formula is C22H28N2O3S. The number of sulfonamides is 1. The van der Waals surface area contributed by atoms with Crippen molar-refractivity contribution in [1.82, 2.24) is 5.32 Å². The second-order valence-electron chi connectivity index (χ2n) is 7.42. The lowest BCUT2D eigenvalue weighted by atomic mass is 9.88. The fourth-order valence-corrected chi connectivity index (χ4v) is 4.26. The Morgan fingerprint density at radius 2 is 1.79 bits per heavy atom. The first-order valence-corrected chi connectivity index (χ1v) is 11.6. The Balaban J connectivity index is 1.86. The summed E-state index contributed by atoms with van der Waals surface area (Å²) in [4.78, 5) is 13.0. The Hall–Kier alpha value is -2.34. The third kappa shape index (κ3) is 4.38. The second kappa shape index (κ2) is 8.35. The van der Waals surface area contributed by atoms with E-state index >= 15 is 0 Å². The highest BCUT2D eigenvalue weighted by molar-refractivity contribution is 7.92. The molecule has 0 unspecified atom stereocenters. The van der Waals surface area contributed by atoms with Crippen molar-refractivity contribution in [1.29, 1.82) is 0 Å². The molecule has 0 bridgehead atoms. The molecule has 1 N–H and O–H groups in total. The number of nitrogens with one attached hydrogen (secondary N) is 1. The van der Waals surface area contributed by atoms with Crippen LogP contribution in [0.25, 0.3) is 0 Å². The number of rotatable bonds is 6. The SMILES string of the molecule is CC[C@H](NC(=O)c1ccccc1N(C)S(C)(=O)=O)c1ccc2c(c1)CCCC2. The first-order valence-electron chi connectivity index (χ1n) is 9.76. The summed E-state index contributed by atoms with van der Waals surface area (Å²) in [5.74, 6) is -0.268. The van der Waals surface area contributed by atoms with Crippen molar-refractivity contribution in [2.75, 3.05) is 17.6 Å². The van der Waals surface area contributed by atoms with Gasteiger partial charge < -0.3 is 5.32 Å². The van der Waals surface area contributed by atoms with Crippen LogP contribution in [0.3, 0.4) is 0 Å². The Bertz CT molecular complexity index is 969. The van der Waals surface area contributed by atoms with Crippen molar-refractivity contribution in [2.45, 2.75) is 45.1 Å². The summed E-state index contributed by atoms with van der Waals surface area (Å²) < 4.78 is 25.0. The minimum atomic E-state index is -3.46. The molecule has 1 atom stereocenters. The van der Waals surface area contributed by atoms with Crippen molar-refractivity contribution in [3.63, 3.8) is 0 Å². The number of carbonyl (C=O) groups is 1. The fourth-order valence-electron chi connectivity index (χ4n) is 3.75. The van der Waals surface area contributed by atoms with Crippen molar-refractivity contribution >= 4 is 21.6 Å². The third-order valence-electron chi connectivity index (χ3n) is 5.47. The van der Waals surface area contributed by atoms with Crippen LogP contribution in [0, 0.1) is 0 Å². The van der Waals surface area contributed by atoms with Gasteiger partial charge in [-0.1, -0.05) is 37.3 Å². The average Bonchev–Trinajstić information content (AvgIpc) is 2.70. The van der Waals surface area contributed by atoms with Gasteiger partial charge in [-0.15, -0.1) is 0 Å². The lowest BCUT2D eigenvalue weighted by Gasteiger charge is -2.23. The van der Waals surface area contributed by atoms with Crippen LogP contribution in [0.5, 0.6) is 0 Å². The zero-order valence-electron chi connectivity index (χ0n) is 16.7. The molecule has 1 aliphatic rings. The first kappa shape index (κ1) is 20.4. The lowest BCUT2D eigenvalue weighted by molar-refractivity contribution is 0.0936. The maximum atomic E-state index is 13.0. The van der Waals surface area contributed by atoms with Crippen molar-refractivity contribution < 1.29 is 13.2 Å². The van der Waals surface area contributed by atoms with Crippen LogP contribution in [-0.4, -0.2) is 27.6 Å². The fraction of sp³-hybridized carbons (Fsp3) is 0.409. The van der Waals surface area contributed by atoms with Gasteiger partial charge in [0.15, 0.2) is 0 Å². The van der Waals surface area contributed by atoms with E-state index in [1.54, 1.807) is 24.3 Å². The highest BCUT2D eigenvalue weighted by Crippen LogP contribution is 2.27. The van der Waals surface area contributed by atoms with E-state index in [4.69, 9.17) is 0 Å². The van der Waals surface area contributed by atoms with E-state index in [-0.39, 0.29) is 11.9 Å². The molecule has 0 fully saturated rings. The Morgan fingerprint density at radius 1 is 1.11 bits per heavy atom. The Labute approximate surface area is 167 Å². The van der Waals surface area contributed by atoms with Gasteiger partial charge in [-0.2, -0.15) is 0 Å². The minimum absolute atomic E-state index is 0.115. The number of nitrogens with zero attached hydrogens (tertiary/aromatic N) is 1. The average molecular weight is 401 g/mol. The summed E-state index contributed by atoms with van der Waals surface area (Å²) in [6.45, 7) is 2.04. The van der Waals surface area contributed by atoms with E-state index in [2.05, 4.69) is 23.5 Å². The summed E-state index contributed by atoms with van der Waals surface area (Å²) >= 11 is 0. The molecule has 1 amide bonds. The number of hydrogen-bond donors (Lipinski definition) is 1. The number of para-hydroxylation sites is 1. The van der Waals surface area contributed by atoms with E-state index in [1.807, 2.05) is 6.92 Å². The quantitative estimate of drug-likeness (QED) is 0.801. The van der Waals surface area contributed by atoms with Gasteiger partial charge in [0.2, 0.25) is 10.0 Å². The minimum Gasteiger partial charge on any atom is -0.345 e. The number of amides is 1. The van der Waals surface area contributed by atoms with Crippen LogP contribution < -0.4 is 9.62 Å². The molecule has 0 aliphatic heterocycles. The van der Waals surface area contributed by atoms with E-state index in [0.717, 1.165) is 35.4 Å². The van der Waals surface area contributed by atoms with Gasteiger partial charge >= 0.3 is 0 Å². The molecule has 0 saturated carbocycles. The van der Waals surface area contributed by atoms with E-state index in [0.29, 0.717) is 11.3 Å². The largest absolute Gasteiger partial charge is 0.345 e. The first-order chi connectivity index (χ1) is 13.3. The molecule has 150 valence electrons. The molecule has 0 heterocycles. The van der Waals surface area contributed by atoms with Gasteiger partial charge in [0.05, 0.1) is 23.5 Å². The van der Waals surface area contributed by atoms with Gasteiger partial charge in [-0.3, -0.25) is 9.10 Å². The number of hydrogen-bond acceptors (Lipinski definition) is 3. The second-order valence-corrected chi connectivity index (χ2v) is 9.43. The van der Waals surface area contributed by atoms with Crippen molar-refractivity contribution in [2.24, 2.45) is 0 Å². The molecular weight excluding hydrogens is 372 g/mol. The summed E-state index contributed by atoms with van der Waals surface area (Å²) in [5.41, 5.74) is 4.63. The zero-order chi connectivity index (χ0) is 20.3. The molecule has 2 aromatic carbocycles. The number of carbonyl (C=O) groups excluding carboxylic acids is 1. The lowest BCUT2D eigenvalue weighted by Crippen LogP contribution is -2.32. The molecule has 0 saturated heterocycles. The van der Waals surface area contributed by atoms with Crippen molar-refractivity contribution in [3.05, 3.63) is 64.7 Å². The molecule has 5 nitrogen and oxygen atoms in total. The van der Waals surface area contributed by atoms with Crippen LogP contribution in [0.15, 0.2) is 42.5 Å². The smallest absolute Gasteiger partial charge is 0.253 e. The maximum Gasteiger partial charge on any atom is 0.253 e. The summed E-state index contributed by atoms with van der Waals surface area (Å²) in [6, 6.07) is 13.2. The van der Waals surface area contributed by atoms with E-state index in [1.165, 1.54) is 31.0 Å². The monoisotopic (exact) mass is 400 g/mol. The number of anilines is 1. The van der Waals surface area contributed by atoms with Crippen LogP contribution in [0.1, 0.15) is 59.3 Å². The van der Waals surface area contributed by atoms with Crippen LogP contribution in [-0.2, 0) is 22.9 Å². The molecule has 0 spiro atoms. The van der Waals surface area contributed by atoms with Gasteiger partial charge in [0, 0.05) is 7.05 Å². The van der Waals surface area contributed by atoms with Gasteiger partial charge in [-0.25, -0.2) is 8.42 Å². The van der Waals surface area contributed by atoms with Crippen LogP contribution in [0.2, 0.25) is 0 Å². The third-order valence-corrected chi connectivity index (χ3v) is 6.67. The molecule has 6 heteroatoms. The molecule has 1 aliphatic carbocycles. The normalized spacial score (nSPS) is 14.8. The predicted octanol–water partition coefficient (Wildman–Crippen LogP) is 3.84. The highest BCUT2D eigenvalue weighted by atomic mass is 32.2. The van der Waals surface area contributed by atoms with Gasteiger partial charge in [0.25, 0.3) is 5.91 Å². The van der Waals surface area contributed by atoms with E-state index < -0.39 is 10.0 Å². The van der Waals surface area contributed by atoms with Crippen LogP contribution in [0.4, 0.5) is 5.69 Å². The molecule has 28 heavy (non-hydrogen) atoms. The molecule has 3 rings (SSSR count). The number of fused-ring (bicyclic) bond motifs is 1. The standard InChI is InChI=1S/C22H28N2O3S/c1-4-20(18-14-13-16-9-5-6-10-17(16)15-18)23-22(25)19-11-7-8-12-21(19)24(2)28(3,26)27/h7-8,11-15,20H,4-6,9-10H2,1-3H3,(H,23,25)/t20-/m0/s1. The Kier molecular flexibility index (Phi) is 6.08. The predicted molar refractivity (Wildman–Crippen MR) is 113 cm³/mol. The maximum absolute atomic E-state index is 13.0. The van der Waals surface area contributed by atoms with Gasteiger partial charge in [-0.05, 0) is 60.9 Å². The summed E-state index contributed by atoms with van der Waals surface area (Å²) in [5, 5.41) is 3.09. The van der Waals surface area contributed by atoms with Crippen molar-refractivity contribution in [3.8, 4) is 0 Å². The highest BCUT2D eigenvalue weighted by Gasteiger charge is 2.22. The summed E-state index contributed by atoms with van der Waals surface area (Å²) in [6.07, 6.45) is 6.56. The van der Waals surface area contributed by atoms with E-state index in [9.17, 15) is 13.2 Å². The number of aryl methyl sites for hydroxylation is 2. The zero-order valence-corrected chi connectivity index (χ0v) is 17.6. The number of benzene rings is 2. The van der Waals surface area contributed by atoms with Gasteiger partial charge in [0.1, 0.15) is 0 Å². The molecule has 0 aromatic heterocycles.